The first-order valence-electron chi connectivity index (χ1n) is 10.5. The van der Waals surface area contributed by atoms with Crippen LogP contribution in [-0.2, 0) is 19.1 Å². The maximum atomic E-state index is 14.5. The van der Waals surface area contributed by atoms with Gasteiger partial charge in [-0.15, -0.1) is 11.3 Å². The molecule has 2 N–H and O–H groups in total. The number of esters is 1. The van der Waals surface area contributed by atoms with E-state index in [9.17, 15) is 19.1 Å². The largest absolute Gasteiger partial charge is 0.480 e. The fourth-order valence-corrected chi connectivity index (χ4v) is 4.90. The smallest absolute Gasteiger partial charge is 0.338 e. The summed E-state index contributed by atoms with van der Waals surface area (Å²) >= 11 is 4.64. The van der Waals surface area contributed by atoms with Crippen molar-refractivity contribution in [1.82, 2.24) is 15.2 Å². The zero-order valence-corrected chi connectivity index (χ0v) is 20.6. The van der Waals surface area contributed by atoms with Crippen LogP contribution in [0.4, 0.5) is 4.39 Å². The van der Waals surface area contributed by atoms with Gasteiger partial charge in [0.1, 0.15) is 17.9 Å². The first-order valence-corrected chi connectivity index (χ1v) is 12.2. The van der Waals surface area contributed by atoms with Crippen LogP contribution in [-0.4, -0.2) is 71.7 Å². The lowest BCUT2D eigenvalue weighted by Crippen LogP contribution is -2.52. The molecule has 0 saturated carbocycles. The lowest BCUT2D eigenvalue weighted by atomic mass is 9.95. The summed E-state index contributed by atoms with van der Waals surface area (Å²) in [5.74, 6) is -1.73. The Kier molecular flexibility index (Phi) is 7.71. The maximum absolute atomic E-state index is 14.5. The van der Waals surface area contributed by atoms with E-state index in [1.807, 2.05) is 0 Å². The number of hydrogen-bond acceptors (Lipinski definition) is 9. The Balaban J connectivity index is 1.84. The Hall–Kier alpha value is -2.67. The molecule has 2 aliphatic heterocycles. The van der Waals surface area contributed by atoms with Crippen molar-refractivity contribution < 1.29 is 28.6 Å². The molecule has 2 aromatic rings. The van der Waals surface area contributed by atoms with Crippen molar-refractivity contribution >= 4 is 45.0 Å². The molecular weight excluding hydrogens is 531 g/mol. The van der Waals surface area contributed by atoms with E-state index in [0.29, 0.717) is 35.3 Å². The van der Waals surface area contributed by atoms with E-state index in [1.165, 1.54) is 17.4 Å². The molecule has 0 spiro atoms. The van der Waals surface area contributed by atoms with E-state index in [0.717, 1.165) is 0 Å². The standard InChI is InChI=1S/C22H22BrFN4O5S/c1-2-33-22(31)16-14(10-28-7-8-32-11-15(28)21(29)30)26-19(20-25-6-9-34-20)27-18(16)12-4-3-5-13(24)17(12)23/h3-6,9,15,18H,2,7-8,10-11H2,1H3,(H,26,27)(H,29,30). The van der Waals surface area contributed by atoms with Gasteiger partial charge < -0.3 is 19.9 Å². The number of ether oxygens (including phenoxy) is 2. The number of nitrogens with zero attached hydrogens (tertiary/aromatic N) is 3. The van der Waals surface area contributed by atoms with Crippen LogP contribution in [0.1, 0.15) is 23.5 Å². The number of morpholine rings is 1. The fourth-order valence-electron chi connectivity index (χ4n) is 3.83. The summed E-state index contributed by atoms with van der Waals surface area (Å²) in [5, 5.41) is 15.2. The van der Waals surface area contributed by atoms with Gasteiger partial charge in [0.15, 0.2) is 10.8 Å². The van der Waals surface area contributed by atoms with Crippen LogP contribution in [0.5, 0.6) is 0 Å². The van der Waals surface area contributed by atoms with Crippen LogP contribution in [0.2, 0.25) is 0 Å². The molecule has 34 heavy (non-hydrogen) atoms. The SMILES string of the molecule is CCOC(=O)C1=C(CN2CCOCC2C(=O)O)NC(c2nccs2)=NC1c1cccc(F)c1Br. The summed E-state index contributed by atoms with van der Waals surface area (Å²) in [5.41, 5.74) is 1.05. The second-order valence-electron chi connectivity index (χ2n) is 7.50. The highest BCUT2D eigenvalue weighted by molar-refractivity contribution is 9.10. The maximum Gasteiger partial charge on any atom is 0.338 e. The first kappa shape index (κ1) is 24.5. The van der Waals surface area contributed by atoms with Crippen LogP contribution in [0.3, 0.4) is 0 Å². The van der Waals surface area contributed by atoms with Crippen LogP contribution in [0, 0.1) is 5.82 Å². The van der Waals surface area contributed by atoms with Crippen molar-refractivity contribution in [3.63, 3.8) is 0 Å². The number of thiazole rings is 1. The third-order valence-corrected chi connectivity index (χ3v) is 7.03. The molecule has 0 aliphatic carbocycles. The number of aromatic nitrogens is 1. The van der Waals surface area contributed by atoms with E-state index in [4.69, 9.17) is 14.5 Å². The number of amidine groups is 1. The van der Waals surface area contributed by atoms with Gasteiger partial charge in [0.25, 0.3) is 0 Å². The third kappa shape index (κ3) is 5.04. The summed E-state index contributed by atoms with van der Waals surface area (Å²) in [4.78, 5) is 35.7. The predicted molar refractivity (Wildman–Crippen MR) is 126 cm³/mol. The minimum atomic E-state index is -1.02. The molecule has 4 rings (SSSR count). The summed E-state index contributed by atoms with van der Waals surface area (Å²) < 4.78 is 25.3. The van der Waals surface area contributed by atoms with E-state index < -0.39 is 29.8 Å². The van der Waals surface area contributed by atoms with Gasteiger partial charge in [-0.25, -0.2) is 14.2 Å². The number of nitrogens with one attached hydrogen (secondary N) is 1. The second kappa shape index (κ2) is 10.7. The number of hydrogen-bond donors (Lipinski definition) is 2. The van der Waals surface area contributed by atoms with Gasteiger partial charge in [0.05, 0.1) is 29.9 Å². The molecule has 180 valence electrons. The number of halogens is 2. The molecule has 12 heteroatoms. The van der Waals surface area contributed by atoms with Gasteiger partial charge in [-0.05, 0) is 34.5 Å². The molecule has 9 nitrogen and oxygen atoms in total. The lowest BCUT2D eigenvalue weighted by Gasteiger charge is -2.35. The first-order chi connectivity index (χ1) is 16.4. The van der Waals surface area contributed by atoms with E-state index in [-0.39, 0.29) is 29.8 Å². The topological polar surface area (TPSA) is 113 Å². The van der Waals surface area contributed by atoms with Gasteiger partial charge in [0.2, 0.25) is 0 Å². The number of carboxylic acids is 1. The Morgan fingerprint density at radius 1 is 1.44 bits per heavy atom. The van der Waals surface area contributed by atoms with Crippen molar-refractivity contribution in [3.05, 3.63) is 61.9 Å². The molecule has 2 aliphatic rings. The number of carbonyl (C=O) groups is 2. The summed E-state index contributed by atoms with van der Waals surface area (Å²) in [7, 11) is 0. The number of rotatable bonds is 7. The molecule has 2 unspecified atom stereocenters. The number of benzene rings is 1. The van der Waals surface area contributed by atoms with Crippen LogP contribution in [0.15, 0.2) is 50.5 Å². The fraction of sp³-hybridized carbons (Fsp3) is 0.364. The quantitative estimate of drug-likeness (QED) is 0.504. The van der Waals surface area contributed by atoms with Crippen LogP contribution < -0.4 is 5.32 Å². The monoisotopic (exact) mass is 552 g/mol. The van der Waals surface area contributed by atoms with Crippen molar-refractivity contribution in [3.8, 4) is 0 Å². The van der Waals surface area contributed by atoms with Crippen molar-refractivity contribution in [2.24, 2.45) is 4.99 Å². The molecule has 0 amide bonds. The van der Waals surface area contributed by atoms with Crippen molar-refractivity contribution in [1.29, 1.82) is 0 Å². The minimum Gasteiger partial charge on any atom is -0.480 e. The van der Waals surface area contributed by atoms with Crippen molar-refractivity contribution in [2.75, 3.05) is 32.9 Å². The average molecular weight is 553 g/mol. The van der Waals surface area contributed by atoms with Crippen LogP contribution >= 0.6 is 27.3 Å². The Morgan fingerprint density at radius 3 is 2.97 bits per heavy atom. The van der Waals surface area contributed by atoms with Crippen molar-refractivity contribution in [2.45, 2.75) is 19.0 Å². The molecule has 0 radical (unpaired) electrons. The van der Waals surface area contributed by atoms with E-state index >= 15 is 0 Å². The van der Waals surface area contributed by atoms with E-state index in [2.05, 4.69) is 26.2 Å². The zero-order valence-electron chi connectivity index (χ0n) is 18.2. The van der Waals surface area contributed by atoms with Gasteiger partial charge >= 0.3 is 11.9 Å². The average Bonchev–Trinajstić information content (AvgIpc) is 3.36. The number of aliphatic imine (C=N–C) groups is 1. The molecule has 1 aromatic heterocycles. The minimum absolute atomic E-state index is 0.0314. The van der Waals surface area contributed by atoms with E-state index in [1.54, 1.807) is 35.5 Å². The summed E-state index contributed by atoms with van der Waals surface area (Å²) in [6.07, 6.45) is 1.63. The summed E-state index contributed by atoms with van der Waals surface area (Å²) in [6.45, 7) is 2.67. The van der Waals surface area contributed by atoms with Gasteiger partial charge in [-0.3, -0.25) is 14.7 Å². The van der Waals surface area contributed by atoms with Gasteiger partial charge in [-0.1, -0.05) is 12.1 Å². The molecule has 3 heterocycles. The lowest BCUT2D eigenvalue weighted by molar-refractivity contribution is -0.149. The molecule has 2 atom stereocenters. The third-order valence-electron chi connectivity index (χ3n) is 5.42. The molecule has 1 fully saturated rings. The highest BCUT2D eigenvalue weighted by Crippen LogP contribution is 2.37. The summed E-state index contributed by atoms with van der Waals surface area (Å²) in [6, 6.07) is 2.75. The molecule has 1 saturated heterocycles. The second-order valence-corrected chi connectivity index (χ2v) is 9.19. The highest BCUT2D eigenvalue weighted by Gasteiger charge is 2.37. The van der Waals surface area contributed by atoms with Gasteiger partial charge in [0, 0.05) is 30.4 Å². The normalized spacial score (nSPS) is 21.1. The number of aliphatic carboxylic acids is 1. The Bertz CT molecular complexity index is 1140. The molecule has 0 bridgehead atoms. The highest BCUT2D eigenvalue weighted by atomic mass is 79.9. The molecular formula is C22H22BrFN4O5S. The van der Waals surface area contributed by atoms with Gasteiger partial charge in [-0.2, -0.15) is 0 Å². The number of carbonyl (C=O) groups excluding carboxylic acids is 1. The number of carboxylic acid groups (broad SMARTS) is 1. The Labute approximate surface area is 207 Å². The van der Waals surface area contributed by atoms with Crippen LogP contribution in [0.25, 0.3) is 0 Å². The molecule has 1 aromatic carbocycles. The zero-order chi connectivity index (χ0) is 24.2. The predicted octanol–water partition coefficient (Wildman–Crippen LogP) is 2.74. The Morgan fingerprint density at radius 2 is 2.26 bits per heavy atom.